The van der Waals surface area contributed by atoms with Crippen LogP contribution in [0.2, 0.25) is 0 Å². The van der Waals surface area contributed by atoms with Crippen LogP contribution >= 0.6 is 22.9 Å². The van der Waals surface area contributed by atoms with Crippen molar-refractivity contribution in [1.29, 1.82) is 0 Å². The molecule has 88 valence electrons. The standard InChI is InChI=1S/C11H10ClN3OS/c1-7-14-15-11(17-7)13-10(16)9-4-2-3-8(5-9)6-12/h2-5H,6H2,1H3,(H,13,15,16). The van der Waals surface area contributed by atoms with Gasteiger partial charge >= 0.3 is 0 Å². The lowest BCUT2D eigenvalue weighted by molar-refractivity contribution is 0.102. The summed E-state index contributed by atoms with van der Waals surface area (Å²) in [5.41, 5.74) is 1.48. The summed E-state index contributed by atoms with van der Waals surface area (Å²) in [6, 6.07) is 7.17. The molecular formula is C11H10ClN3OS. The molecule has 2 aromatic rings. The molecule has 1 amide bonds. The number of nitrogens with zero attached hydrogens (tertiary/aromatic N) is 2. The Morgan fingerprint density at radius 3 is 2.94 bits per heavy atom. The number of alkyl halides is 1. The molecule has 0 spiro atoms. The number of carbonyl (C=O) groups excluding carboxylic acids is 1. The zero-order chi connectivity index (χ0) is 12.3. The molecule has 1 aromatic heterocycles. The normalized spacial score (nSPS) is 10.2. The fourth-order valence-corrected chi connectivity index (χ4v) is 2.07. The SMILES string of the molecule is Cc1nnc(NC(=O)c2cccc(CCl)c2)s1. The number of amides is 1. The summed E-state index contributed by atoms with van der Waals surface area (Å²) in [4.78, 5) is 11.9. The van der Waals surface area contributed by atoms with E-state index in [-0.39, 0.29) is 5.91 Å². The van der Waals surface area contributed by atoms with Crippen LogP contribution in [0.15, 0.2) is 24.3 Å². The molecule has 0 atom stereocenters. The number of hydrogen-bond acceptors (Lipinski definition) is 4. The molecule has 0 bridgehead atoms. The van der Waals surface area contributed by atoms with Gasteiger partial charge in [0.15, 0.2) is 0 Å². The van der Waals surface area contributed by atoms with Gasteiger partial charge in [-0.05, 0) is 24.6 Å². The molecule has 1 heterocycles. The summed E-state index contributed by atoms with van der Waals surface area (Å²) in [5.74, 6) is 0.187. The lowest BCUT2D eigenvalue weighted by Crippen LogP contribution is -2.11. The van der Waals surface area contributed by atoms with E-state index in [1.807, 2.05) is 13.0 Å². The minimum absolute atomic E-state index is 0.201. The predicted octanol–water partition coefficient (Wildman–Crippen LogP) is 2.84. The van der Waals surface area contributed by atoms with Crippen LogP contribution in [0.25, 0.3) is 0 Å². The largest absolute Gasteiger partial charge is 0.296 e. The van der Waals surface area contributed by atoms with Gasteiger partial charge in [-0.1, -0.05) is 23.5 Å². The summed E-state index contributed by atoms with van der Waals surface area (Å²) in [5, 5.41) is 11.7. The van der Waals surface area contributed by atoms with Crippen molar-refractivity contribution in [2.75, 3.05) is 5.32 Å². The first-order valence-corrected chi connectivity index (χ1v) is 6.30. The Kier molecular flexibility index (Phi) is 3.71. The number of rotatable bonds is 3. The molecule has 0 unspecified atom stereocenters. The second kappa shape index (κ2) is 5.25. The van der Waals surface area contributed by atoms with Crippen molar-refractivity contribution >= 4 is 34.0 Å². The number of anilines is 1. The van der Waals surface area contributed by atoms with Crippen molar-refractivity contribution in [2.24, 2.45) is 0 Å². The number of carbonyl (C=O) groups is 1. The number of hydrogen-bond donors (Lipinski definition) is 1. The van der Waals surface area contributed by atoms with Gasteiger partial charge in [0.2, 0.25) is 5.13 Å². The van der Waals surface area contributed by atoms with E-state index in [2.05, 4.69) is 15.5 Å². The first-order chi connectivity index (χ1) is 8.19. The van der Waals surface area contributed by atoms with E-state index in [9.17, 15) is 4.79 Å². The van der Waals surface area contributed by atoms with Gasteiger partial charge in [0.1, 0.15) is 5.01 Å². The van der Waals surface area contributed by atoms with E-state index >= 15 is 0 Å². The average Bonchev–Trinajstić information content (AvgIpc) is 2.75. The Bertz CT molecular complexity index is 541. The van der Waals surface area contributed by atoms with E-state index in [0.29, 0.717) is 16.6 Å². The third-order valence-electron chi connectivity index (χ3n) is 2.09. The predicted molar refractivity (Wildman–Crippen MR) is 68.6 cm³/mol. The minimum atomic E-state index is -0.201. The van der Waals surface area contributed by atoms with E-state index < -0.39 is 0 Å². The molecule has 0 saturated heterocycles. The van der Waals surface area contributed by atoms with Gasteiger partial charge in [0.25, 0.3) is 5.91 Å². The quantitative estimate of drug-likeness (QED) is 0.870. The van der Waals surface area contributed by atoms with Crippen molar-refractivity contribution in [3.63, 3.8) is 0 Å². The van der Waals surface area contributed by atoms with Crippen LogP contribution in [0.1, 0.15) is 20.9 Å². The monoisotopic (exact) mass is 267 g/mol. The van der Waals surface area contributed by atoms with Crippen LogP contribution < -0.4 is 5.32 Å². The van der Waals surface area contributed by atoms with E-state index in [1.54, 1.807) is 18.2 Å². The molecule has 1 aromatic carbocycles. The van der Waals surface area contributed by atoms with Gasteiger partial charge in [0.05, 0.1) is 0 Å². The maximum atomic E-state index is 11.9. The smallest absolute Gasteiger partial charge is 0.257 e. The molecule has 1 N–H and O–H groups in total. The molecule has 4 nitrogen and oxygen atoms in total. The van der Waals surface area contributed by atoms with Crippen molar-refractivity contribution in [3.05, 3.63) is 40.4 Å². The lowest BCUT2D eigenvalue weighted by atomic mass is 10.1. The third-order valence-corrected chi connectivity index (χ3v) is 3.15. The Morgan fingerprint density at radius 1 is 1.47 bits per heavy atom. The van der Waals surface area contributed by atoms with Crippen LogP contribution in [0.5, 0.6) is 0 Å². The fraction of sp³-hybridized carbons (Fsp3) is 0.182. The van der Waals surface area contributed by atoms with Gasteiger partial charge in [-0.15, -0.1) is 21.8 Å². The number of benzene rings is 1. The number of nitrogens with one attached hydrogen (secondary N) is 1. The molecule has 17 heavy (non-hydrogen) atoms. The van der Waals surface area contributed by atoms with Crippen molar-refractivity contribution in [1.82, 2.24) is 10.2 Å². The number of aromatic nitrogens is 2. The highest BCUT2D eigenvalue weighted by atomic mass is 35.5. The first kappa shape index (κ1) is 12.0. The molecular weight excluding hydrogens is 258 g/mol. The molecule has 0 saturated carbocycles. The van der Waals surface area contributed by atoms with Crippen LogP contribution in [0.3, 0.4) is 0 Å². The Morgan fingerprint density at radius 2 is 2.29 bits per heavy atom. The topological polar surface area (TPSA) is 54.9 Å². The summed E-state index contributed by atoms with van der Waals surface area (Å²) in [6.45, 7) is 1.83. The highest BCUT2D eigenvalue weighted by Gasteiger charge is 2.09. The van der Waals surface area contributed by atoms with Crippen LogP contribution in [-0.2, 0) is 5.88 Å². The summed E-state index contributed by atoms with van der Waals surface area (Å²) < 4.78 is 0. The van der Waals surface area contributed by atoms with Crippen LogP contribution in [0, 0.1) is 6.92 Å². The maximum Gasteiger partial charge on any atom is 0.257 e. The summed E-state index contributed by atoms with van der Waals surface area (Å²) >= 11 is 7.06. The second-order valence-corrected chi connectivity index (χ2v) is 4.86. The van der Waals surface area contributed by atoms with Crippen molar-refractivity contribution in [3.8, 4) is 0 Å². The van der Waals surface area contributed by atoms with Crippen LogP contribution in [0.4, 0.5) is 5.13 Å². The van der Waals surface area contributed by atoms with Gasteiger partial charge in [-0.2, -0.15) is 0 Å². The van der Waals surface area contributed by atoms with Gasteiger partial charge in [0, 0.05) is 11.4 Å². The Labute approximate surface area is 108 Å². The molecule has 0 fully saturated rings. The van der Waals surface area contributed by atoms with Gasteiger partial charge < -0.3 is 0 Å². The highest BCUT2D eigenvalue weighted by Crippen LogP contribution is 2.15. The third kappa shape index (κ3) is 3.01. The Balaban J connectivity index is 2.14. The lowest BCUT2D eigenvalue weighted by Gasteiger charge is -2.02. The average molecular weight is 268 g/mol. The van der Waals surface area contributed by atoms with E-state index in [0.717, 1.165) is 10.6 Å². The highest BCUT2D eigenvalue weighted by molar-refractivity contribution is 7.15. The number of aryl methyl sites for hydroxylation is 1. The minimum Gasteiger partial charge on any atom is -0.296 e. The molecule has 2 rings (SSSR count). The number of halogens is 1. The van der Waals surface area contributed by atoms with Crippen LogP contribution in [-0.4, -0.2) is 16.1 Å². The van der Waals surface area contributed by atoms with Crippen molar-refractivity contribution < 1.29 is 4.79 Å². The second-order valence-electron chi connectivity index (χ2n) is 3.41. The molecule has 6 heteroatoms. The van der Waals surface area contributed by atoms with Gasteiger partial charge in [-0.3, -0.25) is 10.1 Å². The zero-order valence-electron chi connectivity index (χ0n) is 9.11. The van der Waals surface area contributed by atoms with E-state index in [1.165, 1.54) is 11.3 Å². The molecule has 0 aliphatic heterocycles. The molecule has 0 radical (unpaired) electrons. The van der Waals surface area contributed by atoms with Gasteiger partial charge in [-0.25, -0.2) is 0 Å². The Hall–Kier alpha value is -1.46. The maximum absolute atomic E-state index is 11.9. The molecule has 0 aliphatic carbocycles. The fourth-order valence-electron chi connectivity index (χ4n) is 1.31. The summed E-state index contributed by atoms with van der Waals surface area (Å²) in [6.07, 6.45) is 0. The zero-order valence-corrected chi connectivity index (χ0v) is 10.7. The van der Waals surface area contributed by atoms with E-state index in [4.69, 9.17) is 11.6 Å². The first-order valence-electron chi connectivity index (χ1n) is 4.95. The molecule has 0 aliphatic rings. The summed E-state index contributed by atoms with van der Waals surface area (Å²) in [7, 11) is 0. The van der Waals surface area contributed by atoms with Crippen molar-refractivity contribution in [2.45, 2.75) is 12.8 Å².